The van der Waals surface area contributed by atoms with E-state index in [0.29, 0.717) is 43.8 Å². The molecule has 12 rings (SSSR count). The third-order valence-electron chi connectivity index (χ3n) is 12.9. The first-order chi connectivity index (χ1) is 31.2. The van der Waals surface area contributed by atoms with Crippen LogP contribution in [-0.4, -0.2) is 64.1 Å². The van der Waals surface area contributed by atoms with Crippen molar-refractivity contribution in [1.82, 2.24) is 9.13 Å². The average molecular weight is 812 g/mol. The van der Waals surface area contributed by atoms with Crippen LogP contribution in [0, 0.1) is 0 Å². The fourth-order valence-electron chi connectivity index (χ4n) is 9.84. The van der Waals surface area contributed by atoms with Gasteiger partial charge in [0.2, 0.25) is 0 Å². The second-order valence-electron chi connectivity index (χ2n) is 16.4. The van der Waals surface area contributed by atoms with Crippen molar-refractivity contribution in [3.8, 4) is 44.8 Å². The lowest BCUT2D eigenvalue weighted by Crippen LogP contribution is -2.48. The van der Waals surface area contributed by atoms with E-state index in [0.717, 1.165) is 76.5 Å². The first-order valence-electron chi connectivity index (χ1n) is 21.0. The number of thiophene rings is 1. The third kappa shape index (κ3) is 5.68. The minimum Gasteiger partial charge on any atom is -0.311 e. The van der Waals surface area contributed by atoms with Crippen LogP contribution in [-0.2, 0) is 0 Å². The van der Waals surface area contributed by atoms with Gasteiger partial charge >= 0.3 is 0 Å². The van der Waals surface area contributed by atoms with Gasteiger partial charge in [0.25, 0.3) is 0 Å². The summed E-state index contributed by atoms with van der Waals surface area (Å²) in [6.07, 6.45) is 0. The highest BCUT2D eigenvalue weighted by molar-refractivity contribution is 7.25. The second-order valence-corrected chi connectivity index (χ2v) is 17.5. The molecule has 0 atom stereocenters. The van der Waals surface area contributed by atoms with Crippen molar-refractivity contribution in [1.29, 1.82) is 0 Å². The van der Waals surface area contributed by atoms with Crippen LogP contribution in [0.1, 0.15) is 0 Å². The largest absolute Gasteiger partial charge is 0.311 e. The van der Waals surface area contributed by atoms with Gasteiger partial charge in [-0.1, -0.05) is 130 Å². The van der Waals surface area contributed by atoms with Crippen molar-refractivity contribution in [2.45, 2.75) is 0 Å². The van der Waals surface area contributed by atoms with Crippen LogP contribution in [0.3, 0.4) is 0 Å². The van der Waals surface area contributed by atoms with Crippen LogP contribution in [0.2, 0.25) is 0 Å². The Morgan fingerprint density at radius 1 is 0.312 bits per heavy atom. The average Bonchev–Trinajstić information content (AvgIpc) is 4.00. The van der Waals surface area contributed by atoms with Crippen molar-refractivity contribution < 1.29 is 0 Å². The maximum Gasteiger partial charge on any atom is 0.115 e. The number of hydrogen-bond donors (Lipinski definition) is 0. The zero-order valence-corrected chi connectivity index (χ0v) is 35.2. The normalized spacial score (nSPS) is 11.9. The van der Waals surface area contributed by atoms with Gasteiger partial charge in [-0.25, -0.2) is 0 Å². The van der Waals surface area contributed by atoms with Gasteiger partial charge in [-0.15, -0.1) is 22.3 Å². The van der Waals surface area contributed by atoms with E-state index in [-0.39, 0.29) is 21.9 Å². The topological polar surface area (TPSA) is 9.86 Å². The number of benzene rings is 9. The molecule has 280 valence electrons. The molecular weight excluding hydrogens is 784 g/mol. The molecule has 14 radical (unpaired) electrons. The third-order valence-corrected chi connectivity index (χ3v) is 14.1. The lowest BCUT2D eigenvalue weighted by atomic mass is 9.64. The summed E-state index contributed by atoms with van der Waals surface area (Å²) in [5.74, 6) is 0. The maximum atomic E-state index is 7.44. The SMILES string of the molecule is [B]c1c([B])c([B])c2c(c1[B])c1c([B])c(-c3ccc4c(c3)c3cc(-c5ccccc5)ccc3n4-c3cccc(-c4ccccc4)c3)c([B])c([B])c1n2-c1ccc2sc3ccccc3c2c1. The lowest BCUT2D eigenvalue weighted by molar-refractivity contribution is 1.18. The van der Waals surface area contributed by atoms with Crippen LogP contribution in [0.5, 0.6) is 0 Å². The van der Waals surface area contributed by atoms with Gasteiger partial charge in [-0.2, -0.15) is 0 Å². The molecule has 12 aromatic rings. The van der Waals surface area contributed by atoms with E-state index < -0.39 is 0 Å². The molecule has 64 heavy (non-hydrogen) atoms. The van der Waals surface area contributed by atoms with E-state index >= 15 is 0 Å². The Hall–Kier alpha value is -6.75. The minimum absolute atomic E-state index is 0.180. The summed E-state index contributed by atoms with van der Waals surface area (Å²) in [7, 11) is 49.0. The molecule has 0 aliphatic heterocycles. The summed E-state index contributed by atoms with van der Waals surface area (Å²) in [6, 6.07) is 57.1. The predicted molar refractivity (Wildman–Crippen MR) is 282 cm³/mol. The predicted octanol–water partition coefficient (Wildman–Crippen LogP) is 6.81. The van der Waals surface area contributed by atoms with Gasteiger partial charge < -0.3 is 9.13 Å². The highest BCUT2D eigenvalue weighted by Crippen LogP contribution is 2.40. The van der Waals surface area contributed by atoms with Crippen molar-refractivity contribution in [2.75, 3.05) is 0 Å². The monoisotopic (exact) mass is 812 g/mol. The van der Waals surface area contributed by atoms with Crippen molar-refractivity contribution in [3.05, 3.63) is 164 Å². The van der Waals surface area contributed by atoms with Gasteiger partial charge in [-0.3, -0.25) is 0 Å². The molecule has 3 heterocycles. The molecule has 0 aliphatic rings. The van der Waals surface area contributed by atoms with E-state index in [1.807, 2.05) is 28.8 Å². The Balaban J connectivity index is 1.14. The fraction of sp³-hybridized carbons (Fsp3) is 0. The summed E-state index contributed by atoms with van der Waals surface area (Å²) in [6.45, 7) is 0. The molecule has 0 unspecified atom stereocenters. The van der Waals surface area contributed by atoms with Crippen LogP contribution >= 0.6 is 11.3 Å². The first-order valence-corrected chi connectivity index (χ1v) is 21.8. The standard InChI is InChI=1S/C54H27B7N2S/c55-46-43(47(56)51(60)53-44(46)45-48(57)49(58)50(59)52(61)54(45)63(53)34-20-23-42-38(27-34)35-16-7-8-17-41(35)64-42)32-19-22-40-37(26-32)36-25-31(29-12-5-2-6-13-29)18-21-39(36)62(40)33-15-9-14-30(24-33)28-10-3-1-4-11-28/h1-27H. The number of rotatable bonds is 5. The molecule has 0 saturated heterocycles. The fourth-order valence-corrected chi connectivity index (χ4v) is 10.9. The van der Waals surface area contributed by atoms with E-state index in [1.165, 1.54) is 4.70 Å². The summed E-state index contributed by atoms with van der Waals surface area (Å²) >= 11 is 1.74. The van der Waals surface area contributed by atoms with Crippen molar-refractivity contribution in [2.24, 2.45) is 0 Å². The van der Waals surface area contributed by atoms with Crippen LogP contribution < -0.4 is 38.2 Å². The van der Waals surface area contributed by atoms with Gasteiger partial charge in [0, 0.05) is 58.7 Å². The van der Waals surface area contributed by atoms with Crippen molar-refractivity contribution >= 4 is 168 Å². The highest BCUT2D eigenvalue weighted by Gasteiger charge is 2.25. The Kier molecular flexibility index (Phi) is 8.91. The summed E-state index contributed by atoms with van der Waals surface area (Å²) in [5.41, 5.74) is 12.9. The van der Waals surface area contributed by atoms with Gasteiger partial charge in [0.1, 0.15) is 54.9 Å². The number of fused-ring (bicyclic) bond motifs is 9. The molecule has 10 heteroatoms. The van der Waals surface area contributed by atoms with E-state index in [9.17, 15) is 0 Å². The summed E-state index contributed by atoms with van der Waals surface area (Å²) in [4.78, 5) is 0. The summed E-state index contributed by atoms with van der Waals surface area (Å²) < 4.78 is 6.63. The molecule has 0 fully saturated rings. The van der Waals surface area contributed by atoms with E-state index in [1.54, 1.807) is 11.3 Å². The number of aromatic nitrogens is 2. The highest BCUT2D eigenvalue weighted by atomic mass is 32.1. The van der Waals surface area contributed by atoms with Gasteiger partial charge in [-0.05, 0) is 99.4 Å². The van der Waals surface area contributed by atoms with Crippen LogP contribution in [0.4, 0.5) is 0 Å². The molecule has 3 aromatic heterocycles. The molecular formula is C54H27B7N2S. The molecule has 9 aromatic carbocycles. The molecule has 0 saturated carbocycles. The zero-order chi connectivity index (χ0) is 43.5. The van der Waals surface area contributed by atoms with Crippen LogP contribution in [0.15, 0.2) is 164 Å². The number of hydrogen-bond acceptors (Lipinski definition) is 1. The maximum absolute atomic E-state index is 7.44. The van der Waals surface area contributed by atoms with Gasteiger partial charge in [0.15, 0.2) is 0 Å². The minimum atomic E-state index is 0.180. The smallest absolute Gasteiger partial charge is 0.115 e. The second kappa shape index (κ2) is 14.7. The zero-order valence-electron chi connectivity index (χ0n) is 34.4. The first kappa shape index (κ1) is 38.9. The molecule has 0 N–H and O–H groups in total. The van der Waals surface area contributed by atoms with Gasteiger partial charge in [0.05, 0.1) is 11.0 Å². The van der Waals surface area contributed by atoms with Crippen molar-refractivity contribution in [3.63, 3.8) is 0 Å². The lowest BCUT2D eigenvalue weighted by Gasteiger charge is -2.19. The molecule has 0 aliphatic carbocycles. The Labute approximate surface area is 383 Å². The Morgan fingerprint density at radius 2 is 0.844 bits per heavy atom. The number of nitrogens with zero attached hydrogens (tertiary/aromatic N) is 2. The molecule has 0 bridgehead atoms. The summed E-state index contributed by atoms with van der Waals surface area (Å²) in [5, 5.41) is 5.48. The molecule has 0 amide bonds. The Bertz CT molecular complexity index is 3930. The molecule has 2 nitrogen and oxygen atoms in total. The van der Waals surface area contributed by atoms with E-state index in [2.05, 4.69) is 144 Å². The molecule has 0 spiro atoms. The van der Waals surface area contributed by atoms with Crippen LogP contribution in [0.25, 0.3) is 109 Å². The Morgan fingerprint density at radius 3 is 1.55 bits per heavy atom. The van der Waals surface area contributed by atoms with E-state index in [4.69, 9.17) is 54.9 Å². The quantitative estimate of drug-likeness (QED) is 0.169.